The molecule has 2 unspecified atom stereocenters. The van der Waals surface area contributed by atoms with Crippen LogP contribution in [0.3, 0.4) is 0 Å². The molecule has 0 heterocycles. The minimum atomic E-state index is -1.39. The molecule has 0 aromatic carbocycles. The SMILES string of the molecule is CC/C=C\C/C=C\C/C=C\C/C=C\C/C=C\CCCCCCCC(=O)OC(/C=C\C/C=C\C/C=C\CCCCC)CCCCCCCC(=O)NCC(=O)NC(CO)C(=O)O. The number of unbranched alkanes of at least 4 members (excludes halogenated alkanes) is 12. The number of nitrogens with one attached hydrogen (secondary N) is 2. The predicted octanol–water partition coefficient (Wildman–Crippen LogP) is 11.8. The van der Waals surface area contributed by atoms with Crippen molar-refractivity contribution in [2.45, 2.75) is 187 Å². The fourth-order valence-electron chi connectivity index (χ4n) is 6.02. The molecule has 0 spiro atoms. The summed E-state index contributed by atoms with van der Waals surface area (Å²) in [6.07, 6.45) is 58.8. The van der Waals surface area contributed by atoms with Crippen LogP contribution in [-0.4, -0.2) is 59.3 Å². The highest BCUT2D eigenvalue weighted by molar-refractivity contribution is 5.87. The molecule has 2 amide bonds. The number of aliphatic hydroxyl groups excluding tert-OH is 1. The highest BCUT2D eigenvalue weighted by Gasteiger charge is 2.18. The zero-order valence-corrected chi connectivity index (χ0v) is 37.4. The normalized spacial score (nSPS) is 13.4. The van der Waals surface area contributed by atoms with Crippen LogP contribution in [0, 0.1) is 0 Å². The third-order valence-electron chi connectivity index (χ3n) is 9.55. The van der Waals surface area contributed by atoms with Crippen LogP contribution in [0.15, 0.2) is 97.2 Å². The van der Waals surface area contributed by atoms with Gasteiger partial charge in [-0.25, -0.2) is 4.79 Å². The summed E-state index contributed by atoms with van der Waals surface area (Å²) in [5.74, 6) is -2.43. The number of carbonyl (C=O) groups excluding carboxylic acids is 3. The van der Waals surface area contributed by atoms with E-state index >= 15 is 0 Å². The molecule has 0 aromatic rings. The Kier molecular flexibility index (Phi) is 41.2. The highest BCUT2D eigenvalue weighted by atomic mass is 16.5. The molecule has 0 bridgehead atoms. The Morgan fingerprint density at radius 3 is 1.53 bits per heavy atom. The fourth-order valence-corrected chi connectivity index (χ4v) is 6.02. The van der Waals surface area contributed by atoms with E-state index < -0.39 is 24.5 Å². The smallest absolute Gasteiger partial charge is 0.328 e. The molecular formula is C51H82N2O7. The average molecular weight is 835 g/mol. The van der Waals surface area contributed by atoms with Crippen LogP contribution >= 0.6 is 0 Å². The number of hydrogen-bond acceptors (Lipinski definition) is 6. The molecule has 0 radical (unpaired) electrons. The predicted molar refractivity (Wildman–Crippen MR) is 249 cm³/mol. The van der Waals surface area contributed by atoms with E-state index in [4.69, 9.17) is 14.9 Å². The van der Waals surface area contributed by atoms with Gasteiger partial charge in [0.25, 0.3) is 0 Å². The van der Waals surface area contributed by atoms with E-state index in [1.54, 1.807) is 0 Å². The number of allylic oxidation sites excluding steroid dienone is 15. The Hall–Kier alpha value is -4.24. The van der Waals surface area contributed by atoms with Crippen molar-refractivity contribution in [3.63, 3.8) is 0 Å². The van der Waals surface area contributed by atoms with Gasteiger partial charge in [-0.2, -0.15) is 0 Å². The molecule has 2 atom stereocenters. The van der Waals surface area contributed by atoms with Crippen molar-refractivity contribution in [1.82, 2.24) is 10.6 Å². The van der Waals surface area contributed by atoms with Gasteiger partial charge in [0, 0.05) is 12.8 Å². The second kappa shape index (κ2) is 44.3. The van der Waals surface area contributed by atoms with Crippen LogP contribution in [0.2, 0.25) is 0 Å². The van der Waals surface area contributed by atoms with Crippen molar-refractivity contribution in [2.24, 2.45) is 0 Å². The summed E-state index contributed by atoms with van der Waals surface area (Å²) in [5.41, 5.74) is 0. The number of amides is 2. The second-order valence-corrected chi connectivity index (χ2v) is 15.1. The van der Waals surface area contributed by atoms with Crippen LogP contribution in [0.1, 0.15) is 174 Å². The first-order valence-corrected chi connectivity index (χ1v) is 23.1. The van der Waals surface area contributed by atoms with Gasteiger partial charge in [-0.05, 0) is 102 Å². The molecule has 338 valence electrons. The van der Waals surface area contributed by atoms with Gasteiger partial charge in [-0.15, -0.1) is 0 Å². The van der Waals surface area contributed by atoms with Gasteiger partial charge in [0.2, 0.25) is 11.8 Å². The van der Waals surface area contributed by atoms with Crippen LogP contribution in [-0.2, 0) is 23.9 Å². The minimum absolute atomic E-state index is 0.137. The molecule has 0 aliphatic rings. The summed E-state index contributed by atoms with van der Waals surface area (Å²) in [6, 6.07) is -1.39. The lowest BCUT2D eigenvalue weighted by molar-refractivity contribution is -0.147. The molecule has 0 aliphatic carbocycles. The van der Waals surface area contributed by atoms with Gasteiger partial charge in [0.15, 0.2) is 0 Å². The maximum Gasteiger partial charge on any atom is 0.328 e. The average Bonchev–Trinajstić information content (AvgIpc) is 3.23. The largest absolute Gasteiger partial charge is 0.480 e. The number of carboxylic acid groups (broad SMARTS) is 1. The zero-order chi connectivity index (χ0) is 44.0. The number of carboxylic acids is 1. The number of aliphatic hydroxyl groups is 1. The van der Waals surface area contributed by atoms with E-state index in [0.29, 0.717) is 12.8 Å². The fraction of sp³-hybridized carbons (Fsp3) is 0.608. The van der Waals surface area contributed by atoms with Gasteiger partial charge in [0.1, 0.15) is 12.1 Å². The van der Waals surface area contributed by atoms with Crippen LogP contribution < -0.4 is 10.6 Å². The molecule has 0 saturated carbocycles. The summed E-state index contributed by atoms with van der Waals surface area (Å²) >= 11 is 0. The Labute approximate surface area is 364 Å². The Balaban J connectivity index is 4.41. The first kappa shape index (κ1) is 55.8. The van der Waals surface area contributed by atoms with Crippen LogP contribution in [0.25, 0.3) is 0 Å². The number of hydrogen-bond donors (Lipinski definition) is 4. The monoisotopic (exact) mass is 835 g/mol. The molecule has 0 saturated heterocycles. The Morgan fingerprint density at radius 2 is 1.00 bits per heavy atom. The second-order valence-electron chi connectivity index (χ2n) is 15.1. The lowest BCUT2D eigenvalue weighted by Crippen LogP contribution is -2.47. The van der Waals surface area contributed by atoms with Crippen molar-refractivity contribution < 1.29 is 34.1 Å². The topological polar surface area (TPSA) is 142 Å². The van der Waals surface area contributed by atoms with Gasteiger partial charge in [0.05, 0.1) is 13.2 Å². The maximum atomic E-state index is 12.8. The molecule has 9 heteroatoms. The molecule has 4 N–H and O–H groups in total. The van der Waals surface area contributed by atoms with E-state index in [1.165, 1.54) is 32.1 Å². The van der Waals surface area contributed by atoms with Gasteiger partial charge < -0.3 is 25.6 Å². The van der Waals surface area contributed by atoms with Gasteiger partial charge >= 0.3 is 11.9 Å². The zero-order valence-electron chi connectivity index (χ0n) is 37.4. The lowest BCUT2D eigenvalue weighted by Gasteiger charge is -2.15. The van der Waals surface area contributed by atoms with Crippen molar-refractivity contribution in [1.29, 1.82) is 0 Å². The van der Waals surface area contributed by atoms with E-state index in [0.717, 1.165) is 109 Å². The minimum Gasteiger partial charge on any atom is -0.480 e. The summed E-state index contributed by atoms with van der Waals surface area (Å²) in [6.45, 7) is 3.31. The van der Waals surface area contributed by atoms with E-state index in [-0.39, 0.29) is 30.9 Å². The number of esters is 1. The molecular weight excluding hydrogens is 753 g/mol. The first-order chi connectivity index (χ1) is 29.3. The lowest BCUT2D eigenvalue weighted by atomic mass is 10.1. The third kappa shape index (κ3) is 40.5. The van der Waals surface area contributed by atoms with Crippen molar-refractivity contribution >= 4 is 23.8 Å². The Bertz CT molecular complexity index is 1320. The summed E-state index contributed by atoms with van der Waals surface area (Å²) in [4.78, 5) is 47.6. The summed E-state index contributed by atoms with van der Waals surface area (Å²) in [7, 11) is 0. The Morgan fingerprint density at radius 1 is 0.533 bits per heavy atom. The number of carbonyl (C=O) groups is 4. The van der Waals surface area contributed by atoms with Crippen LogP contribution in [0.4, 0.5) is 0 Å². The number of aliphatic carboxylic acids is 1. The molecule has 0 aromatic heterocycles. The van der Waals surface area contributed by atoms with E-state index in [2.05, 4.69) is 116 Å². The number of rotatable bonds is 40. The van der Waals surface area contributed by atoms with Gasteiger partial charge in [-0.3, -0.25) is 14.4 Å². The molecule has 60 heavy (non-hydrogen) atoms. The van der Waals surface area contributed by atoms with E-state index in [9.17, 15) is 19.2 Å². The van der Waals surface area contributed by atoms with Crippen molar-refractivity contribution in [2.75, 3.05) is 13.2 Å². The quantitative estimate of drug-likeness (QED) is 0.0273. The van der Waals surface area contributed by atoms with Gasteiger partial charge in [-0.1, -0.05) is 156 Å². The van der Waals surface area contributed by atoms with Crippen LogP contribution in [0.5, 0.6) is 0 Å². The number of ether oxygens (including phenoxy) is 1. The molecule has 0 aliphatic heterocycles. The maximum absolute atomic E-state index is 12.8. The van der Waals surface area contributed by atoms with Crippen molar-refractivity contribution in [3.8, 4) is 0 Å². The third-order valence-corrected chi connectivity index (χ3v) is 9.55. The first-order valence-electron chi connectivity index (χ1n) is 23.1. The molecule has 0 fully saturated rings. The summed E-state index contributed by atoms with van der Waals surface area (Å²) in [5, 5.41) is 22.5. The highest BCUT2D eigenvalue weighted by Crippen LogP contribution is 2.15. The molecule has 9 nitrogen and oxygen atoms in total. The molecule has 0 rings (SSSR count). The summed E-state index contributed by atoms with van der Waals surface area (Å²) < 4.78 is 5.92. The van der Waals surface area contributed by atoms with E-state index in [1.807, 2.05) is 6.08 Å². The van der Waals surface area contributed by atoms with Crippen molar-refractivity contribution in [3.05, 3.63) is 97.2 Å². The standard InChI is InChI=1S/C51H82N2O7/c1-3-5-7-9-11-13-15-16-17-18-19-20-21-22-23-24-26-28-30-35-39-43-50(57)60-46(40-36-32-29-27-25-14-12-10-8-6-4-2)41-37-33-31-34-38-42-48(55)52-44-49(56)53-47(45-54)51(58)59/h5,7,11-14,16-17,19-20,22-23,27,29,36,40,46-47,54H,3-4,6,8-10,15,18,21,24-26,28,30-35,37-39,41-45H2,1-2H3,(H,52,55)(H,53,56)(H,58,59)/b7-5-,13-11-,14-12-,17-16-,20-19-,23-22-,29-27-,40-36-.